The molecule has 1 aliphatic heterocycles. The second-order valence-corrected chi connectivity index (χ2v) is 4.04. The molecule has 80 valence electrons. The van der Waals surface area contributed by atoms with E-state index in [0.717, 1.165) is 18.8 Å². The molecular weight excluding hydrogens is 186 g/mol. The highest BCUT2D eigenvalue weighted by atomic mass is 15.5. The van der Waals surface area contributed by atoms with Crippen LogP contribution >= 0.6 is 0 Å². The minimum absolute atomic E-state index is 0.945. The summed E-state index contributed by atoms with van der Waals surface area (Å²) in [5.41, 5.74) is 2.17. The lowest BCUT2D eigenvalue weighted by Crippen LogP contribution is -2.23. The fourth-order valence-corrected chi connectivity index (χ4v) is 1.77. The molecule has 0 radical (unpaired) electrons. The van der Waals surface area contributed by atoms with Crippen molar-refractivity contribution < 1.29 is 0 Å². The third kappa shape index (κ3) is 3.05. The molecule has 1 fully saturated rings. The summed E-state index contributed by atoms with van der Waals surface area (Å²) >= 11 is 0. The molecule has 0 saturated carbocycles. The molecule has 0 spiro atoms. The zero-order chi connectivity index (χ0) is 10.5. The molecule has 0 amide bonds. The van der Waals surface area contributed by atoms with Gasteiger partial charge in [0.15, 0.2) is 0 Å². The smallest absolute Gasteiger partial charge is 0.0876 e. The summed E-state index contributed by atoms with van der Waals surface area (Å²) in [5, 5.41) is 10.6. The summed E-state index contributed by atoms with van der Waals surface area (Å²) in [4.78, 5) is 0. The number of hydrogen-bond acceptors (Lipinski definition) is 2. The monoisotopic (exact) mass is 203 g/mol. The second kappa shape index (κ2) is 4.91. The first kappa shape index (κ1) is 10.1. The van der Waals surface area contributed by atoms with Crippen LogP contribution in [0.3, 0.4) is 0 Å². The van der Waals surface area contributed by atoms with Crippen LogP contribution in [-0.2, 0) is 0 Å². The van der Waals surface area contributed by atoms with Gasteiger partial charge in [-0.1, -0.05) is 17.4 Å². The lowest BCUT2D eigenvalue weighted by Gasteiger charge is -2.21. The van der Waals surface area contributed by atoms with Crippen molar-refractivity contribution in [3.8, 4) is 0 Å². The van der Waals surface area contributed by atoms with Crippen LogP contribution in [0.15, 0.2) is 34.6 Å². The van der Waals surface area contributed by atoms with Gasteiger partial charge in [0.25, 0.3) is 0 Å². The molecule has 1 saturated heterocycles. The third-order valence-electron chi connectivity index (χ3n) is 2.62. The zero-order valence-electron chi connectivity index (χ0n) is 9.19. The fourth-order valence-electron chi connectivity index (χ4n) is 1.77. The Kier molecular flexibility index (Phi) is 3.33. The number of aryl methyl sites for hydroxylation is 1. The topological polar surface area (TPSA) is 28.0 Å². The molecule has 0 aromatic heterocycles. The van der Waals surface area contributed by atoms with Crippen molar-refractivity contribution in [3.05, 3.63) is 29.8 Å². The summed E-state index contributed by atoms with van der Waals surface area (Å²) in [7, 11) is 0. The SMILES string of the molecule is Cc1cccc(N=NN2CCCCC2)c1. The number of nitrogens with zero attached hydrogens (tertiary/aromatic N) is 3. The van der Waals surface area contributed by atoms with Gasteiger partial charge in [0, 0.05) is 13.1 Å². The summed E-state index contributed by atoms with van der Waals surface area (Å²) in [6.45, 7) is 4.17. The van der Waals surface area contributed by atoms with E-state index in [1.54, 1.807) is 0 Å². The van der Waals surface area contributed by atoms with Crippen molar-refractivity contribution in [2.24, 2.45) is 10.3 Å². The maximum absolute atomic E-state index is 4.25. The van der Waals surface area contributed by atoms with Crippen molar-refractivity contribution in [1.82, 2.24) is 5.01 Å². The standard InChI is InChI=1S/C12H17N3/c1-11-6-5-7-12(10-11)13-14-15-8-3-2-4-9-15/h5-7,10H,2-4,8-9H2,1H3. The van der Waals surface area contributed by atoms with Crippen molar-refractivity contribution >= 4 is 5.69 Å². The van der Waals surface area contributed by atoms with Gasteiger partial charge in [-0.25, -0.2) is 0 Å². The summed E-state index contributed by atoms with van der Waals surface area (Å²) in [6.07, 6.45) is 3.82. The molecule has 0 atom stereocenters. The molecule has 1 aromatic carbocycles. The van der Waals surface area contributed by atoms with E-state index in [1.165, 1.54) is 24.8 Å². The second-order valence-electron chi connectivity index (χ2n) is 4.04. The number of benzene rings is 1. The molecule has 15 heavy (non-hydrogen) atoms. The van der Waals surface area contributed by atoms with Crippen molar-refractivity contribution in [2.75, 3.05) is 13.1 Å². The van der Waals surface area contributed by atoms with Crippen LogP contribution in [-0.4, -0.2) is 18.1 Å². The lowest BCUT2D eigenvalue weighted by molar-refractivity contribution is 0.224. The summed E-state index contributed by atoms with van der Waals surface area (Å²) < 4.78 is 0. The highest BCUT2D eigenvalue weighted by Crippen LogP contribution is 2.16. The number of piperidine rings is 1. The van der Waals surface area contributed by atoms with Gasteiger partial charge in [0.1, 0.15) is 0 Å². The maximum Gasteiger partial charge on any atom is 0.0876 e. The summed E-state index contributed by atoms with van der Waals surface area (Å²) in [6, 6.07) is 8.12. The Labute approximate surface area is 90.8 Å². The molecule has 1 aromatic rings. The van der Waals surface area contributed by atoms with Gasteiger partial charge in [0.2, 0.25) is 0 Å². The van der Waals surface area contributed by atoms with Crippen LogP contribution in [0.4, 0.5) is 5.69 Å². The Balaban J connectivity index is 1.97. The third-order valence-corrected chi connectivity index (χ3v) is 2.62. The Bertz CT molecular complexity index is 340. The first-order valence-corrected chi connectivity index (χ1v) is 5.58. The van der Waals surface area contributed by atoms with E-state index < -0.39 is 0 Å². The minimum Gasteiger partial charge on any atom is -0.278 e. The van der Waals surface area contributed by atoms with Gasteiger partial charge in [-0.2, -0.15) is 0 Å². The Hall–Kier alpha value is -1.38. The van der Waals surface area contributed by atoms with E-state index in [0.29, 0.717) is 0 Å². The predicted octanol–water partition coefficient (Wildman–Crippen LogP) is 3.48. The van der Waals surface area contributed by atoms with E-state index in [1.807, 2.05) is 18.2 Å². The largest absolute Gasteiger partial charge is 0.278 e. The minimum atomic E-state index is 0.945. The van der Waals surface area contributed by atoms with Crippen LogP contribution in [0, 0.1) is 6.92 Å². The Morgan fingerprint density at radius 2 is 1.93 bits per heavy atom. The first-order chi connectivity index (χ1) is 7.34. The van der Waals surface area contributed by atoms with Gasteiger partial charge in [-0.3, -0.25) is 5.01 Å². The molecule has 1 heterocycles. The van der Waals surface area contributed by atoms with Gasteiger partial charge in [-0.05, 0) is 43.9 Å². The predicted molar refractivity (Wildman–Crippen MR) is 61.1 cm³/mol. The van der Waals surface area contributed by atoms with Crippen molar-refractivity contribution in [3.63, 3.8) is 0 Å². The lowest BCUT2D eigenvalue weighted by atomic mass is 10.2. The maximum atomic E-state index is 4.25. The molecule has 0 N–H and O–H groups in total. The Morgan fingerprint density at radius 3 is 2.67 bits per heavy atom. The van der Waals surface area contributed by atoms with Gasteiger partial charge < -0.3 is 0 Å². The van der Waals surface area contributed by atoms with Crippen LogP contribution in [0.25, 0.3) is 0 Å². The van der Waals surface area contributed by atoms with Crippen LogP contribution in [0.5, 0.6) is 0 Å². The van der Waals surface area contributed by atoms with E-state index >= 15 is 0 Å². The van der Waals surface area contributed by atoms with Crippen LogP contribution < -0.4 is 0 Å². The van der Waals surface area contributed by atoms with Crippen LogP contribution in [0.1, 0.15) is 24.8 Å². The molecule has 0 unspecified atom stereocenters. The van der Waals surface area contributed by atoms with E-state index in [4.69, 9.17) is 0 Å². The quantitative estimate of drug-likeness (QED) is 0.676. The van der Waals surface area contributed by atoms with Crippen molar-refractivity contribution in [2.45, 2.75) is 26.2 Å². The van der Waals surface area contributed by atoms with Crippen LogP contribution in [0.2, 0.25) is 0 Å². The van der Waals surface area contributed by atoms with E-state index in [-0.39, 0.29) is 0 Å². The normalized spacial score (nSPS) is 17.3. The van der Waals surface area contributed by atoms with Gasteiger partial charge in [0.05, 0.1) is 5.69 Å². The average Bonchev–Trinajstić information content (AvgIpc) is 2.28. The van der Waals surface area contributed by atoms with Gasteiger partial charge >= 0.3 is 0 Å². The molecule has 3 nitrogen and oxygen atoms in total. The number of hydrogen-bond donors (Lipinski definition) is 0. The molecule has 2 rings (SSSR count). The van der Waals surface area contributed by atoms with Gasteiger partial charge in [-0.15, -0.1) is 5.11 Å². The van der Waals surface area contributed by atoms with E-state index in [9.17, 15) is 0 Å². The molecular formula is C12H17N3. The Morgan fingerprint density at radius 1 is 1.13 bits per heavy atom. The zero-order valence-corrected chi connectivity index (χ0v) is 9.19. The van der Waals surface area contributed by atoms with E-state index in [2.05, 4.69) is 28.3 Å². The first-order valence-electron chi connectivity index (χ1n) is 5.58. The highest BCUT2D eigenvalue weighted by Gasteiger charge is 2.06. The molecule has 0 aliphatic carbocycles. The molecule has 1 aliphatic rings. The fraction of sp³-hybridized carbons (Fsp3) is 0.500. The number of rotatable bonds is 2. The van der Waals surface area contributed by atoms with Crippen molar-refractivity contribution in [1.29, 1.82) is 0 Å². The molecule has 3 heteroatoms. The average molecular weight is 203 g/mol. The summed E-state index contributed by atoms with van der Waals surface area (Å²) in [5.74, 6) is 0. The molecule has 0 bridgehead atoms. The highest BCUT2D eigenvalue weighted by molar-refractivity contribution is 5.38.